The molecule has 0 radical (unpaired) electrons. The van der Waals surface area contributed by atoms with Crippen molar-refractivity contribution in [2.75, 3.05) is 4.90 Å². The quantitative estimate of drug-likeness (QED) is 0.362. The van der Waals surface area contributed by atoms with Gasteiger partial charge in [-0.05, 0) is 89.1 Å². The van der Waals surface area contributed by atoms with Crippen molar-refractivity contribution >= 4 is 5.69 Å². The van der Waals surface area contributed by atoms with Crippen LogP contribution in [0.4, 0.5) is 5.69 Å². The topological polar surface area (TPSA) is 3.24 Å². The largest absolute Gasteiger partial charge is 0.317 e. The molecule has 3 aromatic rings. The fourth-order valence-corrected chi connectivity index (χ4v) is 7.53. The van der Waals surface area contributed by atoms with Crippen molar-refractivity contribution in [3.05, 3.63) is 147 Å². The summed E-state index contributed by atoms with van der Waals surface area (Å²) in [6.07, 6.45) is 7.44. The lowest BCUT2D eigenvalue weighted by molar-refractivity contribution is 0.397. The van der Waals surface area contributed by atoms with E-state index in [1.807, 2.05) is 0 Å². The van der Waals surface area contributed by atoms with Crippen molar-refractivity contribution in [3.8, 4) is 11.1 Å². The molecule has 0 amide bonds. The highest BCUT2D eigenvalue weighted by Gasteiger charge is 2.45. The number of hydrogen-bond donors (Lipinski definition) is 0. The number of rotatable bonds is 3. The first-order valence-electron chi connectivity index (χ1n) is 13.5. The van der Waals surface area contributed by atoms with Crippen LogP contribution in [0.1, 0.15) is 51.7 Å². The van der Waals surface area contributed by atoms with Crippen LogP contribution in [-0.4, -0.2) is 0 Å². The molecule has 3 aliphatic carbocycles. The van der Waals surface area contributed by atoms with E-state index in [2.05, 4.69) is 137 Å². The van der Waals surface area contributed by atoms with Crippen LogP contribution in [0.2, 0.25) is 0 Å². The van der Waals surface area contributed by atoms with Crippen LogP contribution < -0.4 is 4.90 Å². The van der Waals surface area contributed by atoms with E-state index in [0.29, 0.717) is 11.8 Å². The van der Waals surface area contributed by atoms with E-state index in [1.54, 1.807) is 0 Å². The van der Waals surface area contributed by atoms with Crippen LogP contribution in [0, 0.1) is 11.3 Å². The first kappa shape index (κ1) is 22.4. The van der Waals surface area contributed by atoms with E-state index in [1.165, 1.54) is 67.2 Å². The second kappa shape index (κ2) is 7.83. The molecular weight excluding hydrogens is 446 g/mol. The smallest absolute Gasteiger partial charge is 0.0455 e. The number of benzene rings is 3. The number of hydrogen-bond acceptors (Lipinski definition) is 1. The van der Waals surface area contributed by atoms with Gasteiger partial charge in [0.1, 0.15) is 0 Å². The maximum absolute atomic E-state index is 2.51. The Balaban J connectivity index is 1.41. The Morgan fingerprint density at radius 2 is 1.30 bits per heavy atom. The van der Waals surface area contributed by atoms with E-state index in [0.717, 1.165) is 0 Å². The molecule has 1 heterocycles. The average Bonchev–Trinajstić information content (AvgIpc) is 3.50. The third-order valence-corrected chi connectivity index (χ3v) is 9.15. The Morgan fingerprint density at radius 1 is 0.703 bits per heavy atom. The predicted octanol–water partition coefficient (Wildman–Crippen LogP) is 9.34. The van der Waals surface area contributed by atoms with E-state index < -0.39 is 0 Å². The van der Waals surface area contributed by atoms with Gasteiger partial charge in [0.15, 0.2) is 0 Å². The summed E-state index contributed by atoms with van der Waals surface area (Å²) in [7, 11) is 0. The van der Waals surface area contributed by atoms with Gasteiger partial charge >= 0.3 is 0 Å². The van der Waals surface area contributed by atoms with Crippen molar-refractivity contribution in [1.82, 2.24) is 0 Å². The second-order valence-electron chi connectivity index (χ2n) is 11.6. The van der Waals surface area contributed by atoms with Crippen molar-refractivity contribution in [3.63, 3.8) is 0 Å². The summed E-state index contributed by atoms with van der Waals surface area (Å²) in [6, 6.07) is 28.9. The molecule has 0 fully saturated rings. The SMILES string of the molecule is CC1=CC2=CC3C(=CC2=C1C(C)(C)C1c2ccccc2-c2ccccc21)N(c1ccccc1)C(C)=C3C. The third kappa shape index (κ3) is 3.04. The first-order valence-corrected chi connectivity index (χ1v) is 13.5. The van der Waals surface area contributed by atoms with Gasteiger partial charge < -0.3 is 4.90 Å². The Hall–Kier alpha value is -3.84. The van der Waals surface area contributed by atoms with Crippen LogP contribution >= 0.6 is 0 Å². The molecule has 1 heteroatoms. The summed E-state index contributed by atoms with van der Waals surface area (Å²) >= 11 is 0. The first-order chi connectivity index (χ1) is 17.9. The minimum absolute atomic E-state index is 0.0776. The van der Waals surface area contributed by atoms with Crippen molar-refractivity contribution in [2.45, 2.75) is 40.5 Å². The molecule has 1 atom stereocenters. The van der Waals surface area contributed by atoms with Crippen LogP contribution in [0.15, 0.2) is 136 Å². The molecule has 0 N–H and O–H groups in total. The van der Waals surface area contributed by atoms with Gasteiger partial charge in [-0.1, -0.05) is 92.7 Å². The standard InChI is InChI=1S/C36H33N/c1-22-19-25-20-31-23(2)24(3)37(26-13-7-6-8-14-26)33(31)21-32(25)34(22)36(4,5)35-29-17-11-9-15-27(29)28-16-10-12-18-30(28)35/h6-21,31,35H,1-5H3. The summed E-state index contributed by atoms with van der Waals surface area (Å²) in [4.78, 5) is 2.47. The molecule has 7 rings (SSSR count). The van der Waals surface area contributed by atoms with Crippen LogP contribution in [-0.2, 0) is 0 Å². The van der Waals surface area contributed by atoms with Crippen molar-refractivity contribution in [1.29, 1.82) is 0 Å². The molecule has 1 aliphatic heterocycles. The Bertz CT molecular complexity index is 1570. The molecule has 37 heavy (non-hydrogen) atoms. The molecule has 1 nitrogen and oxygen atoms in total. The molecular formula is C36H33N. The predicted molar refractivity (Wildman–Crippen MR) is 155 cm³/mol. The van der Waals surface area contributed by atoms with Crippen LogP contribution in [0.3, 0.4) is 0 Å². The lowest BCUT2D eigenvalue weighted by Gasteiger charge is -2.37. The van der Waals surface area contributed by atoms with Gasteiger partial charge in [-0.3, -0.25) is 0 Å². The number of nitrogens with zero attached hydrogens (tertiary/aromatic N) is 1. The highest BCUT2D eigenvalue weighted by atomic mass is 15.2. The lowest BCUT2D eigenvalue weighted by atomic mass is 9.66. The Morgan fingerprint density at radius 3 is 1.95 bits per heavy atom. The van der Waals surface area contributed by atoms with Gasteiger partial charge in [0.2, 0.25) is 0 Å². The molecule has 3 aromatic carbocycles. The summed E-state index contributed by atoms with van der Waals surface area (Å²) < 4.78 is 0. The molecule has 182 valence electrons. The van der Waals surface area contributed by atoms with E-state index in [4.69, 9.17) is 0 Å². The summed E-state index contributed by atoms with van der Waals surface area (Å²) in [6.45, 7) is 11.8. The highest BCUT2D eigenvalue weighted by molar-refractivity contribution is 5.81. The molecule has 0 saturated heterocycles. The minimum Gasteiger partial charge on any atom is -0.317 e. The van der Waals surface area contributed by atoms with Gasteiger partial charge in [-0.25, -0.2) is 0 Å². The van der Waals surface area contributed by atoms with Gasteiger partial charge in [0.25, 0.3) is 0 Å². The number of para-hydroxylation sites is 1. The molecule has 4 aliphatic rings. The molecule has 0 aromatic heterocycles. The van der Waals surface area contributed by atoms with Gasteiger partial charge in [0.05, 0.1) is 0 Å². The highest BCUT2D eigenvalue weighted by Crippen LogP contribution is 2.59. The third-order valence-electron chi connectivity index (χ3n) is 9.15. The molecule has 0 saturated carbocycles. The lowest BCUT2D eigenvalue weighted by Crippen LogP contribution is -2.26. The summed E-state index contributed by atoms with van der Waals surface area (Å²) in [5.74, 6) is 0.648. The normalized spacial score (nSPS) is 20.4. The van der Waals surface area contributed by atoms with Crippen LogP contribution in [0.5, 0.6) is 0 Å². The number of anilines is 1. The second-order valence-corrected chi connectivity index (χ2v) is 11.6. The minimum atomic E-state index is -0.0776. The van der Waals surface area contributed by atoms with E-state index in [-0.39, 0.29) is 5.41 Å². The maximum atomic E-state index is 2.51. The molecule has 1 unspecified atom stereocenters. The zero-order valence-electron chi connectivity index (χ0n) is 22.3. The maximum Gasteiger partial charge on any atom is 0.0455 e. The van der Waals surface area contributed by atoms with Gasteiger partial charge in [-0.15, -0.1) is 0 Å². The Kier molecular flexibility index (Phi) is 4.73. The molecule has 0 spiro atoms. The van der Waals surface area contributed by atoms with E-state index in [9.17, 15) is 0 Å². The summed E-state index contributed by atoms with van der Waals surface area (Å²) in [5, 5.41) is 0. The number of fused-ring (bicyclic) bond motifs is 5. The summed E-state index contributed by atoms with van der Waals surface area (Å²) in [5.41, 5.74) is 16.7. The average molecular weight is 480 g/mol. The zero-order chi connectivity index (χ0) is 25.5. The van der Waals surface area contributed by atoms with Gasteiger partial charge in [0, 0.05) is 34.3 Å². The fourth-order valence-electron chi connectivity index (χ4n) is 7.53. The Labute approximate surface area is 220 Å². The number of allylic oxidation sites excluding steroid dienone is 8. The van der Waals surface area contributed by atoms with Crippen LogP contribution in [0.25, 0.3) is 11.1 Å². The van der Waals surface area contributed by atoms with E-state index >= 15 is 0 Å². The van der Waals surface area contributed by atoms with Gasteiger partial charge in [-0.2, -0.15) is 0 Å². The fraction of sp³-hybridized carbons (Fsp3) is 0.222. The van der Waals surface area contributed by atoms with Crippen molar-refractivity contribution < 1.29 is 0 Å². The zero-order valence-corrected chi connectivity index (χ0v) is 22.3. The van der Waals surface area contributed by atoms with Crippen molar-refractivity contribution in [2.24, 2.45) is 11.3 Å². The molecule has 0 bridgehead atoms. The monoisotopic (exact) mass is 479 g/mol.